The van der Waals surface area contributed by atoms with E-state index in [0.717, 1.165) is 10.2 Å². The molecule has 0 saturated carbocycles. The molecular formula is C14H23BrN2S. The van der Waals surface area contributed by atoms with Crippen LogP contribution in [0.1, 0.15) is 25.5 Å². The van der Waals surface area contributed by atoms with Gasteiger partial charge in [-0.05, 0) is 44.8 Å². The minimum Gasteiger partial charge on any atom is -0.371 e. The van der Waals surface area contributed by atoms with Crippen molar-refractivity contribution in [2.24, 2.45) is 0 Å². The zero-order chi connectivity index (χ0) is 13.7. The van der Waals surface area contributed by atoms with Crippen LogP contribution in [-0.2, 0) is 0 Å². The maximum Gasteiger partial charge on any atom is 0.0426 e. The van der Waals surface area contributed by atoms with Gasteiger partial charge in [-0.15, -0.1) is 0 Å². The number of hydrogen-bond donors (Lipinski definition) is 1. The highest BCUT2D eigenvalue weighted by molar-refractivity contribution is 9.10. The molecule has 18 heavy (non-hydrogen) atoms. The Labute approximate surface area is 124 Å². The van der Waals surface area contributed by atoms with E-state index in [-0.39, 0.29) is 0 Å². The Kier molecular flexibility index (Phi) is 6.53. The molecule has 0 aromatic heterocycles. The number of anilines is 1. The van der Waals surface area contributed by atoms with Crippen molar-refractivity contribution in [3.8, 4) is 0 Å². The van der Waals surface area contributed by atoms with Gasteiger partial charge in [0.05, 0.1) is 0 Å². The highest BCUT2D eigenvalue weighted by Crippen LogP contribution is 2.30. The van der Waals surface area contributed by atoms with Crippen LogP contribution in [0.15, 0.2) is 22.7 Å². The molecule has 0 spiro atoms. The highest BCUT2D eigenvalue weighted by atomic mass is 79.9. The van der Waals surface area contributed by atoms with E-state index in [1.54, 1.807) is 0 Å². The molecule has 1 aromatic rings. The Hall–Kier alpha value is -0.190. The van der Waals surface area contributed by atoms with Gasteiger partial charge >= 0.3 is 0 Å². The molecule has 102 valence electrons. The Morgan fingerprint density at radius 3 is 2.61 bits per heavy atom. The van der Waals surface area contributed by atoms with Crippen molar-refractivity contribution in [2.75, 3.05) is 31.0 Å². The van der Waals surface area contributed by atoms with Crippen LogP contribution in [-0.4, -0.2) is 32.1 Å². The second-order valence-electron chi connectivity index (χ2n) is 4.63. The normalized spacial score (nSPS) is 14.3. The van der Waals surface area contributed by atoms with Gasteiger partial charge < -0.3 is 10.2 Å². The summed E-state index contributed by atoms with van der Waals surface area (Å²) in [5, 5.41) is 3.32. The van der Waals surface area contributed by atoms with Gasteiger partial charge in [-0.3, -0.25) is 0 Å². The number of benzene rings is 1. The summed E-state index contributed by atoms with van der Waals surface area (Å²) in [6.45, 7) is 4.46. The maximum absolute atomic E-state index is 3.57. The van der Waals surface area contributed by atoms with E-state index in [0.29, 0.717) is 12.1 Å². The Morgan fingerprint density at radius 1 is 1.39 bits per heavy atom. The van der Waals surface area contributed by atoms with Crippen LogP contribution >= 0.6 is 27.7 Å². The molecule has 1 aromatic carbocycles. The summed E-state index contributed by atoms with van der Waals surface area (Å²) in [5.41, 5.74) is 2.64. The average Bonchev–Trinajstić information content (AvgIpc) is 2.37. The Balaban J connectivity index is 3.08. The summed E-state index contributed by atoms with van der Waals surface area (Å²) in [6, 6.07) is 7.40. The molecule has 1 N–H and O–H groups in total. The second kappa shape index (κ2) is 7.41. The van der Waals surface area contributed by atoms with Gasteiger partial charge in [0.25, 0.3) is 0 Å². The molecule has 4 heteroatoms. The Morgan fingerprint density at radius 2 is 2.06 bits per heavy atom. The van der Waals surface area contributed by atoms with Crippen molar-refractivity contribution in [3.63, 3.8) is 0 Å². The molecule has 0 aliphatic carbocycles. The fraction of sp³-hybridized carbons (Fsp3) is 0.571. The van der Waals surface area contributed by atoms with Crippen LogP contribution in [0, 0.1) is 0 Å². The van der Waals surface area contributed by atoms with E-state index >= 15 is 0 Å². The van der Waals surface area contributed by atoms with Crippen molar-refractivity contribution in [3.05, 3.63) is 28.2 Å². The minimum absolute atomic E-state index is 0.358. The van der Waals surface area contributed by atoms with Crippen LogP contribution in [0.25, 0.3) is 0 Å². The lowest BCUT2D eigenvalue weighted by Gasteiger charge is -2.30. The standard InChI is InChI=1S/C14H23BrN2S/c1-10(9-18-5)17(4)14-8-12(15)6-7-13(14)11(2)16-3/h6-8,10-11,16H,9H2,1-5H3. The molecule has 0 fully saturated rings. The van der Waals surface area contributed by atoms with E-state index < -0.39 is 0 Å². The molecule has 2 atom stereocenters. The van der Waals surface area contributed by atoms with E-state index in [2.05, 4.69) is 71.5 Å². The SMILES string of the molecule is CNC(C)c1ccc(Br)cc1N(C)C(C)CSC. The lowest BCUT2D eigenvalue weighted by molar-refractivity contribution is 0.645. The van der Waals surface area contributed by atoms with Gasteiger partial charge in [-0.2, -0.15) is 11.8 Å². The number of halogens is 1. The summed E-state index contributed by atoms with van der Waals surface area (Å²) in [6.07, 6.45) is 2.16. The molecule has 2 unspecified atom stereocenters. The van der Waals surface area contributed by atoms with Crippen molar-refractivity contribution < 1.29 is 0 Å². The van der Waals surface area contributed by atoms with Gasteiger partial charge in [-0.25, -0.2) is 0 Å². The molecule has 0 radical (unpaired) electrons. The lowest BCUT2D eigenvalue weighted by Crippen LogP contribution is -2.32. The van der Waals surface area contributed by atoms with Gasteiger partial charge in [0.1, 0.15) is 0 Å². The number of rotatable bonds is 6. The molecule has 1 rings (SSSR count). The molecule has 0 heterocycles. The van der Waals surface area contributed by atoms with Crippen molar-refractivity contribution in [1.82, 2.24) is 5.32 Å². The summed E-state index contributed by atoms with van der Waals surface area (Å²) < 4.78 is 1.13. The fourth-order valence-corrected chi connectivity index (χ4v) is 2.99. The fourth-order valence-electron chi connectivity index (χ4n) is 1.93. The van der Waals surface area contributed by atoms with Gasteiger partial charge in [0.2, 0.25) is 0 Å². The molecule has 2 nitrogen and oxygen atoms in total. The maximum atomic E-state index is 3.57. The zero-order valence-electron chi connectivity index (χ0n) is 11.8. The number of nitrogens with one attached hydrogen (secondary N) is 1. The predicted octanol–water partition coefficient (Wildman–Crippen LogP) is 3.92. The van der Waals surface area contributed by atoms with Crippen molar-refractivity contribution in [1.29, 1.82) is 0 Å². The topological polar surface area (TPSA) is 15.3 Å². The number of thioether (sulfide) groups is 1. The molecule has 0 amide bonds. The van der Waals surface area contributed by atoms with Gasteiger partial charge in [0, 0.05) is 35.0 Å². The quantitative estimate of drug-likeness (QED) is 0.851. The predicted molar refractivity (Wildman–Crippen MR) is 87.9 cm³/mol. The zero-order valence-corrected chi connectivity index (χ0v) is 14.2. The molecular weight excluding hydrogens is 308 g/mol. The third kappa shape index (κ3) is 3.90. The summed E-state index contributed by atoms with van der Waals surface area (Å²) in [5.74, 6) is 1.14. The van der Waals surface area contributed by atoms with Crippen LogP contribution in [0.2, 0.25) is 0 Å². The van der Waals surface area contributed by atoms with E-state index in [9.17, 15) is 0 Å². The third-order valence-corrected chi connectivity index (χ3v) is 4.65. The first-order valence-electron chi connectivity index (χ1n) is 6.19. The number of nitrogens with zero attached hydrogens (tertiary/aromatic N) is 1. The van der Waals surface area contributed by atoms with Crippen LogP contribution in [0.5, 0.6) is 0 Å². The largest absolute Gasteiger partial charge is 0.371 e. The van der Waals surface area contributed by atoms with Crippen LogP contribution in [0.3, 0.4) is 0 Å². The molecule has 0 aliphatic rings. The second-order valence-corrected chi connectivity index (χ2v) is 6.46. The van der Waals surface area contributed by atoms with Gasteiger partial charge in [-0.1, -0.05) is 22.0 Å². The summed E-state index contributed by atoms with van der Waals surface area (Å²) >= 11 is 5.46. The first kappa shape index (κ1) is 15.9. The highest BCUT2D eigenvalue weighted by Gasteiger charge is 2.16. The smallest absolute Gasteiger partial charge is 0.0426 e. The van der Waals surface area contributed by atoms with Crippen molar-refractivity contribution in [2.45, 2.75) is 25.9 Å². The number of hydrogen-bond acceptors (Lipinski definition) is 3. The summed E-state index contributed by atoms with van der Waals surface area (Å²) in [4.78, 5) is 2.37. The van der Waals surface area contributed by atoms with Crippen LogP contribution < -0.4 is 10.2 Å². The average molecular weight is 331 g/mol. The first-order valence-corrected chi connectivity index (χ1v) is 8.38. The monoisotopic (exact) mass is 330 g/mol. The molecule has 0 aliphatic heterocycles. The van der Waals surface area contributed by atoms with E-state index in [1.807, 2.05) is 18.8 Å². The van der Waals surface area contributed by atoms with Crippen LogP contribution in [0.4, 0.5) is 5.69 Å². The first-order chi connectivity index (χ1) is 8.51. The Bertz CT molecular complexity index is 384. The third-order valence-electron chi connectivity index (χ3n) is 3.34. The molecule has 0 saturated heterocycles. The van der Waals surface area contributed by atoms with E-state index in [1.165, 1.54) is 11.3 Å². The van der Waals surface area contributed by atoms with E-state index in [4.69, 9.17) is 0 Å². The lowest BCUT2D eigenvalue weighted by atomic mass is 10.0. The minimum atomic E-state index is 0.358. The van der Waals surface area contributed by atoms with Crippen molar-refractivity contribution >= 4 is 33.4 Å². The van der Waals surface area contributed by atoms with Gasteiger partial charge in [0.15, 0.2) is 0 Å². The molecule has 0 bridgehead atoms. The summed E-state index contributed by atoms with van der Waals surface area (Å²) in [7, 11) is 4.18.